The normalized spacial score (nSPS) is 40.8. The number of hydrogen-bond acceptors (Lipinski definition) is 2. The van der Waals surface area contributed by atoms with Crippen LogP contribution in [0.5, 0.6) is 0 Å². The number of rotatable bonds is 1. The number of hydrogen-bond donors (Lipinski definition) is 0. The summed E-state index contributed by atoms with van der Waals surface area (Å²) in [6.07, 6.45) is 2.57. The van der Waals surface area contributed by atoms with Gasteiger partial charge >= 0.3 is 0 Å². The van der Waals surface area contributed by atoms with Crippen LogP contribution in [0, 0.1) is 16.0 Å². The number of allylic oxidation sites excluding steroid dienone is 1. The Morgan fingerprint density at radius 2 is 2.55 bits per heavy atom. The molecule has 11 heavy (non-hydrogen) atoms. The molecule has 2 atom stereocenters. The van der Waals surface area contributed by atoms with Crippen molar-refractivity contribution in [3.63, 3.8) is 0 Å². The third-order valence-electron chi connectivity index (χ3n) is 2.65. The van der Waals surface area contributed by atoms with Crippen LogP contribution in [0.15, 0.2) is 11.9 Å². The molecular formula is C7H8FNO2. The fourth-order valence-electron chi connectivity index (χ4n) is 1.76. The van der Waals surface area contributed by atoms with E-state index in [9.17, 15) is 14.5 Å². The largest absolute Gasteiger partial charge is 0.264 e. The lowest BCUT2D eigenvalue weighted by atomic mass is 10.0. The average molecular weight is 157 g/mol. The molecule has 0 spiro atoms. The Hall–Kier alpha value is -0.930. The summed E-state index contributed by atoms with van der Waals surface area (Å²) in [6.45, 7) is 0. The molecule has 0 aromatic carbocycles. The summed E-state index contributed by atoms with van der Waals surface area (Å²) in [5.74, 6) is -0.295. The van der Waals surface area contributed by atoms with E-state index in [-0.39, 0.29) is 23.1 Å². The van der Waals surface area contributed by atoms with Crippen LogP contribution in [-0.4, -0.2) is 10.5 Å². The zero-order chi connectivity index (χ0) is 8.06. The van der Waals surface area contributed by atoms with Crippen molar-refractivity contribution in [3.05, 3.63) is 22.0 Å². The lowest BCUT2D eigenvalue weighted by Crippen LogP contribution is -2.25. The lowest BCUT2D eigenvalue weighted by Gasteiger charge is -2.10. The molecule has 2 aliphatic rings. The Bertz CT molecular complexity index is 251. The minimum absolute atomic E-state index is 0.119. The van der Waals surface area contributed by atoms with Crippen molar-refractivity contribution < 1.29 is 9.31 Å². The van der Waals surface area contributed by atoms with Gasteiger partial charge in [-0.05, 0) is 6.08 Å². The first kappa shape index (κ1) is 6.76. The topological polar surface area (TPSA) is 43.1 Å². The predicted octanol–water partition coefficient (Wildman–Crippen LogP) is 1.67. The monoisotopic (exact) mass is 157 g/mol. The second-order valence-electron chi connectivity index (χ2n) is 3.28. The molecule has 0 aromatic rings. The highest BCUT2D eigenvalue weighted by atomic mass is 19.1. The van der Waals surface area contributed by atoms with Gasteiger partial charge in [0.25, 0.3) is 0 Å². The molecule has 1 fully saturated rings. The van der Waals surface area contributed by atoms with E-state index >= 15 is 0 Å². The summed E-state index contributed by atoms with van der Waals surface area (Å²) in [5.41, 5.74) is -0.768. The van der Waals surface area contributed by atoms with E-state index in [1.165, 1.54) is 6.08 Å². The molecule has 0 saturated heterocycles. The Balaban J connectivity index is 2.21. The first-order valence-electron chi connectivity index (χ1n) is 3.66. The first-order valence-corrected chi connectivity index (χ1v) is 3.66. The number of nitro groups is 1. The van der Waals surface area contributed by atoms with Gasteiger partial charge in [0.1, 0.15) is 0 Å². The molecule has 0 unspecified atom stereocenters. The average Bonchev–Trinajstić information content (AvgIpc) is 2.62. The minimum atomic E-state index is -0.768. The van der Waals surface area contributed by atoms with Crippen molar-refractivity contribution in [2.75, 3.05) is 0 Å². The molecule has 3 nitrogen and oxygen atoms in total. The fraction of sp³-hybridized carbons (Fsp3) is 0.714. The van der Waals surface area contributed by atoms with Crippen LogP contribution < -0.4 is 0 Å². The van der Waals surface area contributed by atoms with Gasteiger partial charge < -0.3 is 0 Å². The van der Waals surface area contributed by atoms with Crippen LogP contribution in [0.25, 0.3) is 0 Å². The predicted molar refractivity (Wildman–Crippen MR) is 36.3 cm³/mol. The van der Waals surface area contributed by atoms with Gasteiger partial charge in [-0.3, -0.25) is 10.1 Å². The molecule has 0 aromatic heterocycles. The first-order chi connectivity index (χ1) is 5.15. The molecule has 1 saturated carbocycles. The van der Waals surface area contributed by atoms with Gasteiger partial charge in [-0.25, -0.2) is 4.39 Å². The number of nitrogens with zero attached hydrogens (tertiary/aromatic N) is 1. The van der Waals surface area contributed by atoms with Gasteiger partial charge in [0, 0.05) is 24.2 Å². The zero-order valence-corrected chi connectivity index (χ0v) is 5.92. The van der Waals surface area contributed by atoms with Crippen molar-refractivity contribution >= 4 is 0 Å². The van der Waals surface area contributed by atoms with Gasteiger partial charge in [0.05, 0.1) is 11.7 Å². The highest BCUT2D eigenvalue weighted by molar-refractivity contribution is 5.20. The second-order valence-corrected chi connectivity index (χ2v) is 3.28. The molecule has 0 heterocycles. The summed E-state index contributed by atoms with van der Waals surface area (Å²) in [6, 6.07) is 0. The van der Waals surface area contributed by atoms with Crippen molar-refractivity contribution in [3.8, 4) is 0 Å². The van der Waals surface area contributed by atoms with Gasteiger partial charge in [-0.2, -0.15) is 0 Å². The Kier molecular flexibility index (Phi) is 1.11. The van der Waals surface area contributed by atoms with Crippen molar-refractivity contribution in [1.29, 1.82) is 0 Å². The van der Waals surface area contributed by atoms with E-state index in [0.29, 0.717) is 12.8 Å². The molecule has 0 amide bonds. The highest BCUT2D eigenvalue weighted by Gasteiger charge is 2.66. The third kappa shape index (κ3) is 0.783. The molecule has 0 N–H and O–H groups in total. The van der Waals surface area contributed by atoms with Crippen LogP contribution in [0.4, 0.5) is 4.39 Å². The van der Waals surface area contributed by atoms with E-state index in [0.717, 1.165) is 0 Å². The second kappa shape index (κ2) is 1.81. The van der Waals surface area contributed by atoms with Crippen molar-refractivity contribution in [1.82, 2.24) is 0 Å². The maximum Gasteiger partial charge on any atom is 0.230 e. The van der Waals surface area contributed by atoms with E-state index in [4.69, 9.17) is 0 Å². The fourth-order valence-corrected chi connectivity index (χ4v) is 1.76. The SMILES string of the molecule is O=[N+]([O-])[C@@]12CCC(F)=C[C@@H]1C2. The molecule has 4 heteroatoms. The van der Waals surface area contributed by atoms with Crippen LogP contribution in [0.2, 0.25) is 0 Å². The van der Waals surface area contributed by atoms with Gasteiger partial charge in [-0.1, -0.05) is 0 Å². The van der Waals surface area contributed by atoms with Gasteiger partial charge in [0.2, 0.25) is 5.54 Å². The van der Waals surface area contributed by atoms with Gasteiger partial charge in [0.15, 0.2) is 0 Å². The van der Waals surface area contributed by atoms with Crippen molar-refractivity contribution in [2.24, 2.45) is 5.92 Å². The maximum atomic E-state index is 12.5. The lowest BCUT2D eigenvalue weighted by molar-refractivity contribution is -0.543. The van der Waals surface area contributed by atoms with Crippen LogP contribution >= 0.6 is 0 Å². The summed E-state index contributed by atoms with van der Waals surface area (Å²) >= 11 is 0. The summed E-state index contributed by atoms with van der Waals surface area (Å²) in [4.78, 5) is 10.2. The summed E-state index contributed by atoms with van der Waals surface area (Å²) in [7, 11) is 0. The number of halogens is 1. The highest BCUT2D eigenvalue weighted by Crippen LogP contribution is 2.54. The summed E-state index contributed by atoms with van der Waals surface area (Å²) < 4.78 is 12.5. The number of fused-ring (bicyclic) bond motifs is 1. The zero-order valence-electron chi connectivity index (χ0n) is 5.92. The van der Waals surface area contributed by atoms with Crippen LogP contribution in [-0.2, 0) is 0 Å². The molecule has 0 aliphatic heterocycles. The molecule has 2 aliphatic carbocycles. The quantitative estimate of drug-likeness (QED) is 0.429. The standard InChI is InChI=1S/C7H8FNO2/c8-6-1-2-7(9(10)11)4-5(7)3-6/h3,5H,1-2,4H2/t5-,7-/m1/s1. The molecule has 0 radical (unpaired) electrons. The summed E-state index contributed by atoms with van der Waals surface area (Å²) in [5, 5.41) is 10.5. The molecule has 0 bridgehead atoms. The smallest absolute Gasteiger partial charge is 0.230 e. The molecule has 60 valence electrons. The molecule has 2 rings (SSSR count). The Labute approximate surface area is 63.0 Å². The third-order valence-corrected chi connectivity index (χ3v) is 2.65. The van der Waals surface area contributed by atoms with E-state index in [1.807, 2.05) is 0 Å². The maximum absolute atomic E-state index is 12.5. The van der Waals surface area contributed by atoms with E-state index in [2.05, 4.69) is 0 Å². The van der Waals surface area contributed by atoms with Gasteiger partial charge in [-0.15, -0.1) is 0 Å². The van der Waals surface area contributed by atoms with Crippen molar-refractivity contribution in [2.45, 2.75) is 24.8 Å². The van der Waals surface area contributed by atoms with E-state index in [1.54, 1.807) is 0 Å². The Morgan fingerprint density at radius 3 is 3.09 bits per heavy atom. The Morgan fingerprint density at radius 1 is 1.82 bits per heavy atom. The minimum Gasteiger partial charge on any atom is -0.264 e. The molecular weight excluding hydrogens is 149 g/mol. The van der Waals surface area contributed by atoms with Crippen LogP contribution in [0.1, 0.15) is 19.3 Å². The van der Waals surface area contributed by atoms with E-state index < -0.39 is 5.54 Å². The van der Waals surface area contributed by atoms with Crippen LogP contribution in [0.3, 0.4) is 0 Å².